The Kier molecular flexibility index (Phi) is 4.51. The summed E-state index contributed by atoms with van der Waals surface area (Å²) in [6, 6.07) is 8.70. The Balaban J connectivity index is 1.82. The molecule has 1 atom stereocenters. The number of aromatic nitrogens is 2. The maximum absolute atomic E-state index is 9.17. The van der Waals surface area contributed by atoms with Crippen LogP contribution < -0.4 is 9.80 Å². The summed E-state index contributed by atoms with van der Waals surface area (Å²) in [5.74, 6) is 3.56. The van der Waals surface area contributed by atoms with Crippen molar-refractivity contribution in [3.05, 3.63) is 40.7 Å². The van der Waals surface area contributed by atoms with Crippen LogP contribution in [0.5, 0.6) is 0 Å². The van der Waals surface area contributed by atoms with Crippen molar-refractivity contribution in [3.8, 4) is 6.07 Å². The van der Waals surface area contributed by atoms with E-state index in [1.807, 2.05) is 19.1 Å². The summed E-state index contributed by atoms with van der Waals surface area (Å²) in [5, 5.41) is 9.17. The molecule has 1 unspecified atom stereocenters. The molecule has 0 fully saturated rings. The zero-order valence-electron chi connectivity index (χ0n) is 16.7. The van der Waals surface area contributed by atoms with E-state index >= 15 is 0 Å². The molecule has 2 aromatic rings. The normalized spacial score (nSPS) is 18.0. The number of hydrogen-bond donors (Lipinski definition) is 0. The monoisotopic (exact) mass is 361 g/mol. The first-order valence-electron chi connectivity index (χ1n) is 10.0. The molecular formula is C22H27N5. The number of rotatable bonds is 4. The molecule has 3 heterocycles. The van der Waals surface area contributed by atoms with Crippen molar-refractivity contribution < 1.29 is 0 Å². The quantitative estimate of drug-likeness (QED) is 0.796. The first-order chi connectivity index (χ1) is 13.1. The molecule has 0 saturated carbocycles. The standard InChI is InChI=1S/C22H27N5/c1-5-18(6-2)27-13-17-9-10-26(19-8-7-16(12-23)11-14(19)3)21-20(17)22(27)25-15(4)24-21/h7-8,11,17-18H,5-6,9-10,13H2,1-4H3. The van der Waals surface area contributed by atoms with Crippen molar-refractivity contribution in [1.29, 1.82) is 5.26 Å². The van der Waals surface area contributed by atoms with Crippen LogP contribution >= 0.6 is 0 Å². The van der Waals surface area contributed by atoms with Gasteiger partial charge in [-0.1, -0.05) is 13.8 Å². The Morgan fingerprint density at radius 2 is 1.93 bits per heavy atom. The number of hydrogen-bond acceptors (Lipinski definition) is 5. The van der Waals surface area contributed by atoms with Gasteiger partial charge in [-0.05, 0) is 56.9 Å². The lowest BCUT2D eigenvalue weighted by molar-refractivity contribution is 0.533. The fraction of sp³-hybridized carbons (Fsp3) is 0.500. The second kappa shape index (κ2) is 6.84. The summed E-state index contributed by atoms with van der Waals surface area (Å²) in [5.41, 5.74) is 4.29. The van der Waals surface area contributed by atoms with Gasteiger partial charge in [0.2, 0.25) is 0 Å². The van der Waals surface area contributed by atoms with E-state index in [2.05, 4.69) is 42.7 Å². The van der Waals surface area contributed by atoms with E-state index in [9.17, 15) is 5.26 Å². The Morgan fingerprint density at radius 1 is 1.19 bits per heavy atom. The predicted molar refractivity (Wildman–Crippen MR) is 109 cm³/mol. The summed E-state index contributed by atoms with van der Waals surface area (Å²) in [4.78, 5) is 14.6. The maximum Gasteiger partial charge on any atom is 0.142 e. The summed E-state index contributed by atoms with van der Waals surface area (Å²) in [7, 11) is 0. The van der Waals surface area contributed by atoms with Crippen molar-refractivity contribution in [1.82, 2.24) is 9.97 Å². The Morgan fingerprint density at radius 3 is 2.59 bits per heavy atom. The van der Waals surface area contributed by atoms with E-state index < -0.39 is 0 Å². The Bertz CT molecular complexity index is 910. The number of aryl methyl sites for hydroxylation is 2. The molecule has 5 heteroatoms. The van der Waals surface area contributed by atoms with E-state index in [1.54, 1.807) is 0 Å². The first-order valence-corrected chi connectivity index (χ1v) is 10.0. The fourth-order valence-corrected chi connectivity index (χ4v) is 4.70. The molecule has 140 valence electrons. The minimum Gasteiger partial charge on any atom is -0.353 e. The molecule has 27 heavy (non-hydrogen) atoms. The second-order valence-corrected chi connectivity index (χ2v) is 7.70. The van der Waals surface area contributed by atoms with Crippen LogP contribution in [0.25, 0.3) is 0 Å². The molecule has 1 aromatic carbocycles. The van der Waals surface area contributed by atoms with Crippen LogP contribution in [0.4, 0.5) is 17.3 Å². The average molecular weight is 361 g/mol. The van der Waals surface area contributed by atoms with E-state index in [1.165, 1.54) is 5.56 Å². The van der Waals surface area contributed by atoms with Crippen LogP contribution in [0, 0.1) is 25.2 Å². The van der Waals surface area contributed by atoms with Gasteiger partial charge in [0, 0.05) is 36.3 Å². The highest BCUT2D eigenvalue weighted by molar-refractivity contribution is 5.75. The van der Waals surface area contributed by atoms with Gasteiger partial charge in [0.25, 0.3) is 0 Å². The van der Waals surface area contributed by atoms with Crippen LogP contribution in [0.3, 0.4) is 0 Å². The molecule has 1 aromatic heterocycles. The predicted octanol–water partition coefficient (Wildman–Crippen LogP) is 4.60. The summed E-state index contributed by atoms with van der Waals surface area (Å²) in [6.45, 7) is 10.6. The van der Waals surface area contributed by atoms with Crippen LogP contribution in [-0.4, -0.2) is 29.1 Å². The van der Waals surface area contributed by atoms with E-state index in [4.69, 9.17) is 9.97 Å². The maximum atomic E-state index is 9.17. The van der Waals surface area contributed by atoms with Gasteiger partial charge in [0.15, 0.2) is 0 Å². The fourth-order valence-electron chi connectivity index (χ4n) is 4.70. The molecule has 2 aliphatic rings. The lowest BCUT2D eigenvalue weighted by atomic mass is 9.94. The molecule has 0 saturated heterocycles. The minimum absolute atomic E-state index is 0.520. The second-order valence-electron chi connectivity index (χ2n) is 7.70. The molecule has 4 rings (SSSR count). The van der Waals surface area contributed by atoms with Gasteiger partial charge < -0.3 is 9.80 Å². The van der Waals surface area contributed by atoms with E-state index in [-0.39, 0.29) is 0 Å². The van der Waals surface area contributed by atoms with Gasteiger partial charge in [-0.15, -0.1) is 0 Å². The molecule has 5 nitrogen and oxygen atoms in total. The molecule has 2 aliphatic heterocycles. The van der Waals surface area contributed by atoms with Crippen molar-refractivity contribution >= 4 is 17.3 Å². The van der Waals surface area contributed by atoms with Gasteiger partial charge >= 0.3 is 0 Å². The Labute approximate surface area is 161 Å². The minimum atomic E-state index is 0.520. The highest BCUT2D eigenvalue weighted by Gasteiger charge is 2.40. The third-order valence-electron chi connectivity index (χ3n) is 6.07. The van der Waals surface area contributed by atoms with Crippen molar-refractivity contribution in [2.75, 3.05) is 22.9 Å². The number of anilines is 3. The molecule has 0 bridgehead atoms. The van der Waals surface area contributed by atoms with Gasteiger partial charge in [0.05, 0.1) is 11.6 Å². The third kappa shape index (κ3) is 2.84. The zero-order valence-corrected chi connectivity index (χ0v) is 16.7. The summed E-state index contributed by atoms with van der Waals surface area (Å²) < 4.78 is 0. The smallest absolute Gasteiger partial charge is 0.142 e. The van der Waals surface area contributed by atoms with Crippen LogP contribution in [0.1, 0.15) is 61.5 Å². The highest BCUT2D eigenvalue weighted by atomic mass is 15.3. The Hall–Kier alpha value is -2.61. The number of nitriles is 1. The SMILES string of the molecule is CCC(CC)N1CC2CCN(c3ccc(C#N)cc3C)c3nc(C)nc1c32. The molecule has 0 spiro atoms. The van der Waals surface area contributed by atoms with Gasteiger partial charge in [-0.2, -0.15) is 5.26 Å². The van der Waals surface area contributed by atoms with Gasteiger partial charge in [-0.25, -0.2) is 9.97 Å². The number of benzene rings is 1. The zero-order chi connectivity index (χ0) is 19.1. The topological polar surface area (TPSA) is 56.0 Å². The average Bonchev–Trinajstić information content (AvgIpc) is 3.03. The molecule has 0 amide bonds. The lowest BCUT2D eigenvalue weighted by Gasteiger charge is -2.33. The van der Waals surface area contributed by atoms with Crippen molar-refractivity contribution in [2.45, 2.75) is 58.9 Å². The largest absolute Gasteiger partial charge is 0.353 e. The third-order valence-corrected chi connectivity index (χ3v) is 6.07. The van der Waals surface area contributed by atoms with Crippen molar-refractivity contribution in [2.24, 2.45) is 0 Å². The highest BCUT2D eigenvalue weighted by Crippen LogP contribution is 2.48. The number of nitrogens with zero attached hydrogens (tertiary/aromatic N) is 5. The van der Waals surface area contributed by atoms with Gasteiger partial charge in [0.1, 0.15) is 17.5 Å². The molecule has 0 aliphatic carbocycles. The van der Waals surface area contributed by atoms with Crippen LogP contribution in [0.15, 0.2) is 18.2 Å². The van der Waals surface area contributed by atoms with Crippen molar-refractivity contribution in [3.63, 3.8) is 0 Å². The van der Waals surface area contributed by atoms with Gasteiger partial charge in [-0.3, -0.25) is 0 Å². The molecular weight excluding hydrogens is 334 g/mol. The molecule has 0 radical (unpaired) electrons. The van der Waals surface area contributed by atoms with Crippen LogP contribution in [-0.2, 0) is 0 Å². The van der Waals surface area contributed by atoms with E-state index in [0.717, 1.165) is 61.1 Å². The van der Waals surface area contributed by atoms with E-state index in [0.29, 0.717) is 17.5 Å². The molecule has 0 N–H and O–H groups in total. The first kappa shape index (κ1) is 17.8. The summed E-state index contributed by atoms with van der Waals surface area (Å²) >= 11 is 0. The summed E-state index contributed by atoms with van der Waals surface area (Å²) in [6.07, 6.45) is 3.39. The lowest BCUT2D eigenvalue weighted by Crippen LogP contribution is -2.34. The van der Waals surface area contributed by atoms with Crippen LogP contribution in [0.2, 0.25) is 0 Å².